The molecule has 0 aromatic heterocycles. The molecular weight excluding hydrogens is 390 g/mol. The van der Waals surface area contributed by atoms with E-state index in [0.717, 1.165) is 28.9 Å². The quantitative estimate of drug-likeness (QED) is 0.755. The maximum Gasteiger partial charge on any atom is 0.407 e. The molecule has 1 heterocycles. The number of hydrogen-bond donors (Lipinski definition) is 1. The molecule has 166 valence electrons. The highest BCUT2D eigenvalue weighted by Crippen LogP contribution is 2.39. The number of nitrogens with one attached hydrogen (secondary N) is 1. The van der Waals surface area contributed by atoms with Crippen LogP contribution in [0.15, 0.2) is 42.5 Å². The molecule has 31 heavy (non-hydrogen) atoms. The number of rotatable bonds is 5. The van der Waals surface area contributed by atoms with E-state index < -0.39 is 6.09 Å². The number of anilines is 1. The summed E-state index contributed by atoms with van der Waals surface area (Å²) in [5.74, 6) is -0.00209. The van der Waals surface area contributed by atoms with E-state index in [2.05, 4.69) is 54.6 Å². The molecule has 0 saturated heterocycles. The van der Waals surface area contributed by atoms with E-state index >= 15 is 0 Å². The van der Waals surface area contributed by atoms with Crippen LogP contribution in [0.1, 0.15) is 51.3 Å². The number of ether oxygens (including phenoxy) is 1. The minimum Gasteiger partial charge on any atom is -0.447 e. The fraction of sp³-hybridized carbons (Fsp3) is 0.440. The van der Waals surface area contributed by atoms with Crippen LogP contribution in [0.25, 0.3) is 11.1 Å². The summed E-state index contributed by atoms with van der Waals surface area (Å²) in [6, 6.07) is 14.4. The Labute approximate surface area is 185 Å². The van der Waals surface area contributed by atoms with Gasteiger partial charge in [-0.25, -0.2) is 4.79 Å². The number of amides is 2. The lowest BCUT2D eigenvalue weighted by molar-refractivity contribution is -0.117. The molecule has 0 radical (unpaired) electrons. The first kappa shape index (κ1) is 22.8. The number of carbonyl (C=O) groups is 2. The summed E-state index contributed by atoms with van der Waals surface area (Å²) in [5.41, 5.74) is 5.18. The Morgan fingerprint density at radius 1 is 1.13 bits per heavy atom. The summed E-state index contributed by atoms with van der Waals surface area (Å²) in [5, 5.41) is 3.00. The number of fused-ring (bicyclic) bond motifs is 1. The third-order valence-electron chi connectivity index (χ3n) is 5.44. The predicted octanol–water partition coefficient (Wildman–Crippen LogP) is 4.74. The number of nitrogens with zero attached hydrogens (tertiary/aromatic N) is 2. The van der Waals surface area contributed by atoms with Crippen molar-refractivity contribution in [2.24, 2.45) is 0 Å². The van der Waals surface area contributed by atoms with Gasteiger partial charge in [-0.2, -0.15) is 0 Å². The lowest BCUT2D eigenvalue weighted by Crippen LogP contribution is -2.45. The molecule has 2 atom stereocenters. The molecule has 6 nitrogen and oxygen atoms in total. The Balaban J connectivity index is 1.96. The van der Waals surface area contributed by atoms with Crippen LogP contribution in [-0.2, 0) is 16.1 Å². The Bertz CT molecular complexity index is 938. The van der Waals surface area contributed by atoms with Crippen LogP contribution in [0.5, 0.6) is 0 Å². The van der Waals surface area contributed by atoms with Crippen LogP contribution < -0.4 is 10.2 Å². The van der Waals surface area contributed by atoms with Crippen LogP contribution in [-0.4, -0.2) is 43.1 Å². The first-order valence-electron chi connectivity index (χ1n) is 10.8. The van der Waals surface area contributed by atoms with Gasteiger partial charge in [-0.05, 0) is 75.7 Å². The fourth-order valence-electron chi connectivity index (χ4n) is 4.22. The molecule has 0 aliphatic carbocycles. The van der Waals surface area contributed by atoms with Crippen LogP contribution in [0.4, 0.5) is 10.5 Å². The van der Waals surface area contributed by atoms with Crippen molar-refractivity contribution in [3.63, 3.8) is 0 Å². The van der Waals surface area contributed by atoms with E-state index in [1.165, 1.54) is 5.56 Å². The van der Waals surface area contributed by atoms with Crippen molar-refractivity contribution in [3.05, 3.63) is 53.6 Å². The number of benzene rings is 2. The second-order valence-electron chi connectivity index (χ2n) is 8.83. The van der Waals surface area contributed by atoms with Gasteiger partial charge in [0.05, 0.1) is 12.1 Å². The van der Waals surface area contributed by atoms with E-state index in [4.69, 9.17) is 4.74 Å². The van der Waals surface area contributed by atoms with Crippen LogP contribution in [0, 0.1) is 0 Å². The van der Waals surface area contributed by atoms with Crippen LogP contribution in [0.2, 0.25) is 0 Å². The molecule has 2 aromatic carbocycles. The standard InChI is InChI=1S/C25H33N3O3/c1-16(2)31-25(30)26-23-13-17(3)28(18(4)29)24-12-11-21(14-22(23)24)20-9-7-19(8-10-20)15-27(5)6/h7-12,14,16-17,23H,13,15H2,1-6H3,(H,26,30)/t17-,23+/m0/s1. The van der Waals surface area contributed by atoms with Gasteiger partial charge < -0.3 is 19.9 Å². The van der Waals surface area contributed by atoms with Gasteiger partial charge in [-0.1, -0.05) is 30.3 Å². The first-order valence-corrected chi connectivity index (χ1v) is 10.8. The Hall–Kier alpha value is -2.86. The average molecular weight is 424 g/mol. The highest BCUT2D eigenvalue weighted by molar-refractivity contribution is 5.94. The molecule has 0 saturated carbocycles. The van der Waals surface area contributed by atoms with Gasteiger partial charge in [0.1, 0.15) is 0 Å². The zero-order chi connectivity index (χ0) is 22.7. The highest BCUT2D eigenvalue weighted by atomic mass is 16.6. The van der Waals surface area contributed by atoms with Crippen molar-refractivity contribution in [1.29, 1.82) is 0 Å². The normalized spacial score (nSPS) is 18.1. The minimum atomic E-state index is -0.437. The molecule has 0 unspecified atom stereocenters. The second kappa shape index (κ2) is 9.52. The zero-order valence-electron chi connectivity index (χ0n) is 19.3. The van der Waals surface area contributed by atoms with Crippen molar-refractivity contribution in [3.8, 4) is 11.1 Å². The Morgan fingerprint density at radius 3 is 2.35 bits per heavy atom. The molecule has 2 amide bonds. The SMILES string of the molecule is CC(=O)N1c2ccc(-c3ccc(CN(C)C)cc3)cc2[C@H](NC(=O)OC(C)C)C[C@@H]1C. The molecule has 0 spiro atoms. The number of carbonyl (C=O) groups excluding carboxylic acids is 2. The van der Waals surface area contributed by atoms with Gasteiger partial charge in [0.25, 0.3) is 0 Å². The van der Waals surface area contributed by atoms with Crippen LogP contribution in [0.3, 0.4) is 0 Å². The van der Waals surface area contributed by atoms with Crippen molar-refractivity contribution < 1.29 is 14.3 Å². The highest BCUT2D eigenvalue weighted by Gasteiger charge is 2.33. The molecule has 2 aromatic rings. The van der Waals surface area contributed by atoms with E-state index in [-0.39, 0.29) is 24.1 Å². The van der Waals surface area contributed by atoms with Crippen molar-refractivity contribution in [2.45, 2.75) is 58.8 Å². The summed E-state index contributed by atoms with van der Waals surface area (Å²) in [4.78, 5) is 28.6. The molecule has 6 heteroatoms. The summed E-state index contributed by atoms with van der Waals surface area (Å²) in [6.07, 6.45) is -0.000517. The van der Waals surface area contributed by atoms with Gasteiger partial charge in [0, 0.05) is 25.2 Å². The fourth-order valence-corrected chi connectivity index (χ4v) is 4.22. The molecular formula is C25H33N3O3. The largest absolute Gasteiger partial charge is 0.447 e. The summed E-state index contributed by atoms with van der Waals surface area (Å²) < 4.78 is 5.30. The van der Waals surface area contributed by atoms with E-state index in [9.17, 15) is 9.59 Å². The lowest BCUT2D eigenvalue weighted by Gasteiger charge is -2.39. The third-order valence-corrected chi connectivity index (χ3v) is 5.44. The maximum atomic E-state index is 12.3. The van der Waals surface area contributed by atoms with Crippen molar-refractivity contribution in [1.82, 2.24) is 10.2 Å². The third kappa shape index (κ3) is 5.44. The summed E-state index contributed by atoms with van der Waals surface area (Å²) in [6.45, 7) is 8.13. The molecule has 0 bridgehead atoms. The summed E-state index contributed by atoms with van der Waals surface area (Å²) in [7, 11) is 4.10. The van der Waals surface area contributed by atoms with Gasteiger partial charge >= 0.3 is 6.09 Å². The summed E-state index contributed by atoms with van der Waals surface area (Å²) >= 11 is 0. The zero-order valence-corrected chi connectivity index (χ0v) is 19.3. The van der Waals surface area contributed by atoms with Gasteiger partial charge in [-0.3, -0.25) is 4.79 Å². The van der Waals surface area contributed by atoms with Crippen molar-refractivity contribution >= 4 is 17.7 Å². The van der Waals surface area contributed by atoms with Gasteiger partial charge in [0.15, 0.2) is 0 Å². The van der Waals surface area contributed by atoms with E-state index in [1.54, 1.807) is 6.92 Å². The van der Waals surface area contributed by atoms with Crippen LogP contribution >= 0.6 is 0 Å². The Kier molecular flexibility index (Phi) is 7.01. The smallest absolute Gasteiger partial charge is 0.407 e. The predicted molar refractivity (Wildman–Crippen MR) is 124 cm³/mol. The number of hydrogen-bond acceptors (Lipinski definition) is 4. The van der Waals surface area contributed by atoms with E-state index in [1.807, 2.05) is 37.8 Å². The maximum absolute atomic E-state index is 12.3. The molecule has 1 aliphatic heterocycles. The monoisotopic (exact) mass is 423 g/mol. The average Bonchev–Trinajstić information content (AvgIpc) is 2.67. The second-order valence-corrected chi connectivity index (χ2v) is 8.83. The topological polar surface area (TPSA) is 61.9 Å². The minimum absolute atomic E-state index is 0.00209. The lowest BCUT2D eigenvalue weighted by atomic mass is 9.89. The van der Waals surface area contributed by atoms with E-state index in [0.29, 0.717) is 6.42 Å². The molecule has 3 rings (SSSR count). The van der Waals surface area contributed by atoms with Crippen molar-refractivity contribution in [2.75, 3.05) is 19.0 Å². The van der Waals surface area contributed by atoms with Gasteiger partial charge in [-0.15, -0.1) is 0 Å². The molecule has 1 N–H and O–H groups in total. The molecule has 1 aliphatic rings. The van der Waals surface area contributed by atoms with Gasteiger partial charge in [0.2, 0.25) is 5.91 Å². The number of alkyl carbamates (subject to hydrolysis) is 1. The molecule has 0 fully saturated rings. The Morgan fingerprint density at radius 2 is 1.77 bits per heavy atom. The first-order chi connectivity index (χ1) is 14.7.